The van der Waals surface area contributed by atoms with Gasteiger partial charge in [0.05, 0.1) is 19.8 Å². The number of pyridine rings is 1. The number of rotatable bonds is 6. The van der Waals surface area contributed by atoms with Crippen LogP contribution in [-0.2, 0) is 20.7 Å². The van der Waals surface area contributed by atoms with E-state index in [-0.39, 0.29) is 5.97 Å². The third kappa shape index (κ3) is 12.2. The lowest BCUT2D eigenvalue weighted by Gasteiger charge is -2.29. The molecule has 1 aliphatic rings. The fourth-order valence-electron chi connectivity index (χ4n) is 2.27. The fraction of sp³-hybridized carbons (Fsp3) is 0.700. The Hall–Kier alpha value is -1.86. The summed E-state index contributed by atoms with van der Waals surface area (Å²) in [5.41, 5.74) is 7.91. The highest BCUT2D eigenvalue weighted by Gasteiger charge is 2.13. The summed E-state index contributed by atoms with van der Waals surface area (Å²) in [5, 5.41) is 2.75. The zero-order valence-corrected chi connectivity index (χ0v) is 17.7. The van der Waals surface area contributed by atoms with Gasteiger partial charge in [0.2, 0.25) is 0 Å². The summed E-state index contributed by atoms with van der Waals surface area (Å²) in [4.78, 5) is 17.7. The van der Waals surface area contributed by atoms with Gasteiger partial charge in [-0.15, -0.1) is 0 Å². The Morgan fingerprint density at radius 2 is 1.85 bits per heavy atom. The molecule has 0 aliphatic carbocycles. The summed E-state index contributed by atoms with van der Waals surface area (Å²) >= 11 is 0. The maximum atomic E-state index is 11.1. The quantitative estimate of drug-likeness (QED) is 0.577. The molecule has 0 bridgehead atoms. The van der Waals surface area contributed by atoms with Gasteiger partial charge in [-0.05, 0) is 33.0 Å². The topological polar surface area (TPSA) is 89.7 Å². The standard InChI is InChI=1S/C15H23N3O3.C3H8.C2H7N/c1-2-15(19)21-7-3-4-12-10-13(11-14(16)17-12)18-5-8-20-9-6-18;2*1-3-2/h10-11H,2-9H2,1H3,(H2,16,17);3H2,1-2H3;3H,1-2H3. The van der Waals surface area contributed by atoms with Crippen molar-refractivity contribution < 1.29 is 14.3 Å². The maximum Gasteiger partial charge on any atom is 0.305 e. The van der Waals surface area contributed by atoms with Gasteiger partial charge in [-0.1, -0.05) is 27.2 Å². The normalized spacial score (nSPS) is 13.0. The van der Waals surface area contributed by atoms with E-state index in [2.05, 4.69) is 35.1 Å². The van der Waals surface area contributed by atoms with Crippen LogP contribution in [0.4, 0.5) is 11.5 Å². The minimum absolute atomic E-state index is 0.162. The van der Waals surface area contributed by atoms with Crippen LogP contribution in [0.2, 0.25) is 0 Å². The molecule has 1 aromatic heterocycles. The zero-order valence-electron chi connectivity index (χ0n) is 17.7. The lowest BCUT2D eigenvalue weighted by molar-refractivity contribution is -0.143. The van der Waals surface area contributed by atoms with Crippen molar-refractivity contribution in [1.29, 1.82) is 0 Å². The number of aromatic nitrogens is 1. The van der Waals surface area contributed by atoms with Crippen LogP contribution in [-0.4, -0.2) is 58.0 Å². The van der Waals surface area contributed by atoms with Crippen molar-refractivity contribution in [2.24, 2.45) is 0 Å². The molecule has 3 N–H and O–H groups in total. The highest BCUT2D eigenvalue weighted by atomic mass is 16.5. The molecule has 0 saturated carbocycles. The number of hydrogen-bond donors (Lipinski definition) is 2. The molecule has 0 atom stereocenters. The predicted octanol–water partition coefficient (Wildman–Crippen LogP) is 2.64. The Labute approximate surface area is 164 Å². The van der Waals surface area contributed by atoms with Crippen LogP contribution >= 0.6 is 0 Å². The number of anilines is 2. The first-order valence-corrected chi connectivity index (χ1v) is 9.85. The third-order valence-corrected chi connectivity index (χ3v) is 3.39. The minimum atomic E-state index is -0.162. The maximum absolute atomic E-state index is 11.1. The van der Waals surface area contributed by atoms with Crippen LogP contribution in [0.3, 0.4) is 0 Å². The number of aryl methyl sites for hydroxylation is 1. The summed E-state index contributed by atoms with van der Waals surface area (Å²) in [6, 6.07) is 3.95. The molecule has 156 valence electrons. The number of nitrogens with one attached hydrogen (secondary N) is 1. The number of hydrogen-bond acceptors (Lipinski definition) is 7. The molecular weight excluding hydrogens is 344 g/mol. The summed E-state index contributed by atoms with van der Waals surface area (Å²) in [6.45, 7) is 9.69. The molecule has 1 aliphatic heterocycles. The number of esters is 1. The van der Waals surface area contributed by atoms with Gasteiger partial charge in [0.25, 0.3) is 0 Å². The number of carbonyl (C=O) groups is 1. The molecule has 1 fully saturated rings. The Morgan fingerprint density at radius 3 is 2.41 bits per heavy atom. The molecule has 0 aromatic carbocycles. The van der Waals surface area contributed by atoms with Crippen molar-refractivity contribution in [3.8, 4) is 0 Å². The van der Waals surface area contributed by atoms with Gasteiger partial charge >= 0.3 is 5.97 Å². The first-order chi connectivity index (χ1) is 13.0. The average Bonchev–Trinajstić information content (AvgIpc) is 2.66. The minimum Gasteiger partial charge on any atom is -0.466 e. The third-order valence-electron chi connectivity index (χ3n) is 3.39. The second-order valence-corrected chi connectivity index (χ2v) is 6.23. The average molecular weight is 383 g/mol. The molecule has 7 heteroatoms. The molecule has 7 nitrogen and oxygen atoms in total. The van der Waals surface area contributed by atoms with Crippen molar-refractivity contribution in [3.05, 3.63) is 17.8 Å². The molecule has 2 rings (SSSR count). The van der Waals surface area contributed by atoms with E-state index in [4.69, 9.17) is 15.2 Å². The Kier molecular flexibility index (Phi) is 15.2. The first kappa shape index (κ1) is 25.1. The van der Waals surface area contributed by atoms with Crippen molar-refractivity contribution in [2.45, 2.75) is 46.5 Å². The number of nitrogens with two attached hydrogens (primary N) is 1. The molecule has 1 saturated heterocycles. The molecule has 0 amide bonds. The SMILES string of the molecule is CCC.CCC(=O)OCCCc1cc(N2CCOCC2)cc(N)n1.CNC. The van der Waals surface area contributed by atoms with E-state index in [9.17, 15) is 4.79 Å². The van der Waals surface area contributed by atoms with Crippen LogP contribution in [0.5, 0.6) is 0 Å². The highest BCUT2D eigenvalue weighted by molar-refractivity contribution is 5.68. The first-order valence-electron chi connectivity index (χ1n) is 9.85. The molecule has 0 radical (unpaired) electrons. The van der Waals surface area contributed by atoms with Gasteiger partial charge < -0.3 is 25.4 Å². The molecule has 0 spiro atoms. The second-order valence-electron chi connectivity index (χ2n) is 6.23. The summed E-state index contributed by atoms with van der Waals surface area (Å²) in [5.74, 6) is 0.365. The Morgan fingerprint density at radius 1 is 1.26 bits per heavy atom. The van der Waals surface area contributed by atoms with E-state index in [1.165, 1.54) is 6.42 Å². The van der Waals surface area contributed by atoms with Gasteiger partial charge in [0.1, 0.15) is 5.82 Å². The van der Waals surface area contributed by atoms with Gasteiger partial charge in [0, 0.05) is 37.0 Å². The molecule has 2 heterocycles. The Balaban J connectivity index is 0.000000997. The highest BCUT2D eigenvalue weighted by Crippen LogP contribution is 2.20. The van der Waals surface area contributed by atoms with Gasteiger partial charge in [0.15, 0.2) is 0 Å². The zero-order chi connectivity index (χ0) is 20.5. The van der Waals surface area contributed by atoms with Crippen LogP contribution in [0, 0.1) is 0 Å². The van der Waals surface area contributed by atoms with E-state index < -0.39 is 0 Å². The number of carbonyl (C=O) groups excluding carboxylic acids is 1. The molecule has 0 unspecified atom stereocenters. The van der Waals surface area contributed by atoms with E-state index in [1.54, 1.807) is 6.92 Å². The molecular formula is C20H38N4O3. The summed E-state index contributed by atoms with van der Waals surface area (Å²) in [7, 11) is 3.75. The Bertz CT molecular complexity index is 504. The summed E-state index contributed by atoms with van der Waals surface area (Å²) < 4.78 is 10.4. The number of ether oxygens (including phenoxy) is 2. The molecule has 1 aromatic rings. The second kappa shape index (κ2) is 16.3. The lowest BCUT2D eigenvalue weighted by atomic mass is 10.2. The monoisotopic (exact) mass is 382 g/mol. The van der Waals surface area contributed by atoms with Crippen LogP contribution < -0.4 is 16.0 Å². The molecule has 27 heavy (non-hydrogen) atoms. The fourth-order valence-corrected chi connectivity index (χ4v) is 2.27. The van der Waals surface area contributed by atoms with Crippen molar-refractivity contribution in [2.75, 3.05) is 57.6 Å². The van der Waals surface area contributed by atoms with E-state index in [0.717, 1.165) is 50.5 Å². The van der Waals surface area contributed by atoms with Crippen molar-refractivity contribution in [1.82, 2.24) is 10.3 Å². The van der Waals surface area contributed by atoms with Crippen LogP contribution in [0.1, 0.15) is 45.7 Å². The van der Waals surface area contributed by atoms with Gasteiger partial charge in [-0.3, -0.25) is 4.79 Å². The van der Waals surface area contributed by atoms with Crippen molar-refractivity contribution >= 4 is 17.5 Å². The number of nitrogens with zero attached hydrogens (tertiary/aromatic N) is 2. The van der Waals surface area contributed by atoms with Crippen molar-refractivity contribution in [3.63, 3.8) is 0 Å². The van der Waals surface area contributed by atoms with Gasteiger partial charge in [-0.2, -0.15) is 0 Å². The van der Waals surface area contributed by atoms with E-state index >= 15 is 0 Å². The largest absolute Gasteiger partial charge is 0.466 e. The van der Waals surface area contributed by atoms with Crippen LogP contribution in [0.25, 0.3) is 0 Å². The number of nitrogen functional groups attached to an aromatic ring is 1. The van der Waals surface area contributed by atoms with E-state index in [1.807, 2.05) is 20.2 Å². The van der Waals surface area contributed by atoms with E-state index in [0.29, 0.717) is 18.8 Å². The predicted molar refractivity (Wildman–Crippen MR) is 112 cm³/mol. The smallest absolute Gasteiger partial charge is 0.305 e. The lowest BCUT2D eigenvalue weighted by Crippen LogP contribution is -2.36. The summed E-state index contributed by atoms with van der Waals surface area (Å²) in [6.07, 6.45) is 3.17. The number of morpholine rings is 1. The van der Waals surface area contributed by atoms with Gasteiger partial charge in [-0.25, -0.2) is 4.98 Å². The van der Waals surface area contributed by atoms with Crippen LogP contribution in [0.15, 0.2) is 12.1 Å².